The molecule has 88 valence electrons. The van der Waals surface area contributed by atoms with Crippen molar-refractivity contribution in [3.63, 3.8) is 0 Å². The molecule has 0 aliphatic heterocycles. The molecule has 1 atom stereocenters. The summed E-state index contributed by atoms with van der Waals surface area (Å²) in [4.78, 5) is 25.4. The zero-order valence-electron chi connectivity index (χ0n) is 9.56. The van der Waals surface area contributed by atoms with Crippen molar-refractivity contribution in [2.45, 2.75) is 13.0 Å². The van der Waals surface area contributed by atoms with Crippen molar-refractivity contribution >= 4 is 5.97 Å². The summed E-state index contributed by atoms with van der Waals surface area (Å²) >= 11 is 0. The molecule has 0 N–H and O–H groups in total. The lowest BCUT2D eigenvalue weighted by atomic mass is 10.4. The van der Waals surface area contributed by atoms with Crippen LogP contribution in [0.4, 0.5) is 0 Å². The van der Waals surface area contributed by atoms with Crippen molar-refractivity contribution < 1.29 is 29.0 Å². The fraction of sp³-hybridized carbons (Fsp3) is 0.667. The molecule has 1 unspecified atom stereocenters. The van der Waals surface area contributed by atoms with Crippen molar-refractivity contribution in [2.75, 3.05) is 27.9 Å². The Balaban J connectivity index is 4.32. The van der Waals surface area contributed by atoms with Gasteiger partial charge in [0.25, 0.3) is 0 Å². The number of nitrogens with zero attached hydrogens (tertiary/aromatic N) is 1. The van der Waals surface area contributed by atoms with E-state index < -0.39 is 10.9 Å². The highest BCUT2D eigenvalue weighted by molar-refractivity contribution is 5.81. The largest absolute Gasteiger partial charge is 0.456 e. The molecule has 6 nitrogen and oxygen atoms in total. The summed E-state index contributed by atoms with van der Waals surface area (Å²) in [6.45, 7) is 5.14. The highest BCUT2D eigenvalue weighted by Crippen LogP contribution is 2.15. The van der Waals surface area contributed by atoms with E-state index in [9.17, 15) is 4.79 Å². The van der Waals surface area contributed by atoms with Crippen LogP contribution in [0.5, 0.6) is 0 Å². The van der Waals surface area contributed by atoms with Crippen LogP contribution in [0.15, 0.2) is 12.7 Å². The molecular weight excluding hydrogens is 202 g/mol. The first kappa shape index (κ1) is 14.1. The smallest absolute Gasteiger partial charge is 0.330 e. The van der Waals surface area contributed by atoms with Gasteiger partial charge >= 0.3 is 5.97 Å². The van der Waals surface area contributed by atoms with Gasteiger partial charge in [-0.05, 0) is 0 Å². The number of carbonyl (C=O) groups excluding carboxylic acids is 1. The zero-order chi connectivity index (χ0) is 11.9. The molecule has 0 rings (SSSR count). The molecule has 0 heterocycles. The first-order chi connectivity index (χ1) is 7.06. The third-order valence-corrected chi connectivity index (χ3v) is 1.94. The van der Waals surface area contributed by atoms with E-state index in [0.717, 1.165) is 6.08 Å². The Morgan fingerprint density at radius 2 is 1.80 bits per heavy atom. The van der Waals surface area contributed by atoms with Gasteiger partial charge in [0.05, 0.1) is 4.97 Å². The Morgan fingerprint density at radius 1 is 1.33 bits per heavy atom. The van der Waals surface area contributed by atoms with Crippen LogP contribution >= 0.6 is 0 Å². The van der Waals surface area contributed by atoms with Gasteiger partial charge in [0.1, 0.15) is 21.3 Å². The van der Waals surface area contributed by atoms with Gasteiger partial charge < -0.3 is 4.74 Å². The van der Waals surface area contributed by atoms with E-state index >= 15 is 0 Å². The molecule has 6 heteroatoms. The highest BCUT2D eigenvalue weighted by Gasteiger charge is 2.39. The van der Waals surface area contributed by atoms with Gasteiger partial charge in [-0.1, -0.05) is 6.58 Å². The van der Waals surface area contributed by atoms with Crippen molar-refractivity contribution in [3.8, 4) is 0 Å². The molecule has 0 aliphatic rings. The number of quaternary nitrogens is 1. The maximum Gasteiger partial charge on any atom is 0.330 e. The molecule has 0 spiro atoms. The third-order valence-electron chi connectivity index (χ3n) is 1.94. The van der Waals surface area contributed by atoms with Gasteiger partial charge in [-0.25, -0.2) is 4.79 Å². The second kappa shape index (κ2) is 6.52. The molecule has 0 aromatic carbocycles. The normalized spacial score (nSPS) is 13.3. The second-order valence-corrected chi connectivity index (χ2v) is 2.77. The van der Waals surface area contributed by atoms with E-state index in [0.29, 0.717) is 0 Å². The predicted octanol–water partition coefficient (Wildman–Crippen LogP) is 0.605. The SMILES string of the molecule is C=CC(=O)OCC(C)[N+](OC)(OC)OC. The molecule has 0 bridgehead atoms. The van der Waals surface area contributed by atoms with Crippen molar-refractivity contribution in [3.05, 3.63) is 12.7 Å². The first-order valence-electron chi connectivity index (χ1n) is 4.41. The topological polar surface area (TPSA) is 54.0 Å². The number of hydrogen-bond donors (Lipinski definition) is 0. The highest BCUT2D eigenvalue weighted by atomic mass is 17.2. The van der Waals surface area contributed by atoms with E-state index in [2.05, 4.69) is 6.58 Å². The summed E-state index contributed by atoms with van der Waals surface area (Å²) in [5, 5.41) is 0. The summed E-state index contributed by atoms with van der Waals surface area (Å²) in [5.41, 5.74) is 0. The van der Waals surface area contributed by atoms with E-state index in [1.807, 2.05) is 0 Å². The molecule has 0 aromatic rings. The van der Waals surface area contributed by atoms with Crippen LogP contribution in [0.25, 0.3) is 0 Å². The number of hydrogen-bond acceptors (Lipinski definition) is 5. The van der Waals surface area contributed by atoms with Gasteiger partial charge in [0.15, 0.2) is 6.61 Å². The summed E-state index contributed by atoms with van der Waals surface area (Å²) in [6, 6.07) is -0.325. The molecule has 0 fully saturated rings. The van der Waals surface area contributed by atoms with Crippen LogP contribution in [0.3, 0.4) is 0 Å². The number of carbonyl (C=O) groups is 1. The minimum absolute atomic E-state index is 0.0976. The Morgan fingerprint density at radius 3 is 2.13 bits per heavy atom. The average Bonchev–Trinajstić information content (AvgIpc) is 2.28. The average molecular weight is 220 g/mol. The monoisotopic (exact) mass is 220 g/mol. The van der Waals surface area contributed by atoms with Crippen LogP contribution in [0, 0.1) is 0 Å². The number of hydroxylamine groups is 3. The molecule has 0 saturated carbocycles. The lowest BCUT2D eigenvalue weighted by molar-refractivity contribution is -1.37. The Bertz CT molecular complexity index is 206. The minimum Gasteiger partial charge on any atom is -0.456 e. The summed E-state index contributed by atoms with van der Waals surface area (Å²) in [7, 11) is 4.29. The van der Waals surface area contributed by atoms with Crippen LogP contribution in [-0.4, -0.2) is 44.9 Å². The van der Waals surface area contributed by atoms with Gasteiger partial charge in [-0.3, -0.25) is 0 Å². The number of ether oxygens (including phenoxy) is 1. The number of esters is 1. The molecule has 0 saturated heterocycles. The van der Waals surface area contributed by atoms with E-state index in [-0.39, 0.29) is 12.6 Å². The maximum atomic E-state index is 10.8. The van der Waals surface area contributed by atoms with Crippen molar-refractivity contribution in [2.24, 2.45) is 0 Å². The van der Waals surface area contributed by atoms with Crippen LogP contribution in [-0.2, 0) is 24.0 Å². The molecule has 0 aliphatic carbocycles. The third kappa shape index (κ3) is 3.60. The van der Waals surface area contributed by atoms with Crippen molar-refractivity contribution in [1.82, 2.24) is 0 Å². The quantitative estimate of drug-likeness (QED) is 0.272. The summed E-state index contributed by atoms with van der Waals surface area (Å²) < 4.78 is 4.85. The maximum absolute atomic E-state index is 10.8. The van der Waals surface area contributed by atoms with Gasteiger partial charge in [-0.15, -0.1) is 14.5 Å². The van der Waals surface area contributed by atoms with Gasteiger partial charge in [-0.2, -0.15) is 0 Å². The second-order valence-electron chi connectivity index (χ2n) is 2.77. The summed E-state index contributed by atoms with van der Waals surface area (Å²) in [6.07, 6.45) is 1.09. The molecular formula is C9H18NO5+. The van der Waals surface area contributed by atoms with E-state index in [4.69, 9.17) is 19.2 Å². The van der Waals surface area contributed by atoms with E-state index in [1.165, 1.54) is 21.3 Å². The Labute approximate surface area is 89.4 Å². The van der Waals surface area contributed by atoms with Crippen LogP contribution in [0.1, 0.15) is 6.92 Å². The number of rotatable bonds is 7. The fourth-order valence-corrected chi connectivity index (χ4v) is 1.12. The van der Waals surface area contributed by atoms with Gasteiger partial charge in [0, 0.05) is 13.0 Å². The van der Waals surface area contributed by atoms with E-state index in [1.54, 1.807) is 6.92 Å². The van der Waals surface area contributed by atoms with Crippen molar-refractivity contribution in [1.29, 1.82) is 0 Å². The molecule has 0 radical (unpaired) electrons. The minimum atomic E-state index is -0.510. The molecule has 15 heavy (non-hydrogen) atoms. The standard InChI is InChI=1S/C9H18NO5/c1-6-9(11)15-7-8(2)10(12-3,13-4)14-5/h6,8H,1,7H2,2-5H3/q+1. The van der Waals surface area contributed by atoms with Crippen LogP contribution in [0.2, 0.25) is 0 Å². The lowest BCUT2D eigenvalue weighted by Crippen LogP contribution is -2.53. The zero-order valence-corrected chi connectivity index (χ0v) is 9.56. The van der Waals surface area contributed by atoms with Crippen LogP contribution < -0.4 is 0 Å². The lowest BCUT2D eigenvalue weighted by Gasteiger charge is -2.29. The first-order valence-corrected chi connectivity index (χ1v) is 4.41. The Hall–Kier alpha value is -0.950. The fourth-order valence-electron chi connectivity index (χ4n) is 1.12. The van der Waals surface area contributed by atoms with Gasteiger partial charge in [0.2, 0.25) is 6.04 Å². The Kier molecular flexibility index (Phi) is 6.11. The molecule has 0 aromatic heterocycles. The molecule has 0 amide bonds. The predicted molar refractivity (Wildman–Crippen MR) is 51.9 cm³/mol. The summed E-state index contributed by atoms with van der Waals surface area (Å²) in [5.74, 6) is -0.497.